The molecular weight excluding hydrogens is 215 g/mol. The number of carbonyl (C=O) groups is 2. The average Bonchev–Trinajstić information content (AvgIpc) is 2.01. The summed E-state index contributed by atoms with van der Waals surface area (Å²) in [6, 6.07) is 0. The van der Waals surface area contributed by atoms with Gasteiger partial charge in [-0.2, -0.15) is 13.2 Å². The van der Waals surface area contributed by atoms with Crippen LogP contribution in [0.4, 0.5) is 13.2 Å². The SMILES string of the molecule is CC(CCCC(F)(F)F)(NC=O)C(=O)O. The number of hydrogen-bond acceptors (Lipinski definition) is 2. The number of carbonyl (C=O) groups excluding carboxylic acids is 1. The number of aliphatic carboxylic acids is 1. The van der Waals surface area contributed by atoms with Crippen LogP contribution < -0.4 is 5.32 Å². The summed E-state index contributed by atoms with van der Waals surface area (Å²) < 4.78 is 35.3. The van der Waals surface area contributed by atoms with Gasteiger partial charge in [-0.3, -0.25) is 4.79 Å². The Hall–Kier alpha value is -1.27. The van der Waals surface area contributed by atoms with Gasteiger partial charge in [0, 0.05) is 6.42 Å². The number of hydrogen-bond donors (Lipinski definition) is 2. The van der Waals surface area contributed by atoms with Crippen LogP contribution in [0.2, 0.25) is 0 Å². The van der Waals surface area contributed by atoms with E-state index in [-0.39, 0.29) is 19.3 Å². The molecule has 0 spiro atoms. The summed E-state index contributed by atoms with van der Waals surface area (Å²) in [6.45, 7) is 1.17. The number of halogens is 3. The minimum absolute atomic E-state index is 0.168. The largest absolute Gasteiger partial charge is 0.480 e. The third-order valence-corrected chi connectivity index (χ3v) is 1.99. The fourth-order valence-electron chi connectivity index (χ4n) is 1.01. The van der Waals surface area contributed by atoms with Crippen molar-refractivity contribution in [2.45, 2.75) is 37.9 Å². The van der Waals surface area contributed by atoms with E-state index in [0.29, 0.717) is 0 Å². The lowest BCUT2D eigenvalue weighted by Gasteiger charge is -2.23. The van der Waals surface area contributed by atoms with E-state index < -0.39 is 24.1 Å². The Morgan fingerprint density at radius 1 is 1.40 bits per heavy atom. The number of rotatable bonds is 6. The first-order chi connectivity index (χ1) is 6.71. The van der Waals surface area contributed by atoms with Gasteiger partial charge in [-0.25, -0.2) is 4.79 Å². The van der Waals surface area contributed by atoms with Gasteiger partial charge in [-0.1, -0.05) is 0 Å². The van der Waals surface area contributed by atoms with Crippen LogP contribution >= 0.6 is 0 Å². The van der Waals surface area contributed by atoms with E-state index in [1.54, 1.807) is 0 Å². The molecule has 1 atom stereocenters. The first kappa shape index (κ1) is 13.7. The van der Waals surface area contributed by atoms with Crippen LogP contribution in [0.25, 0.3) is 0 Å². The second kappa shape index (κ2) is 4.99. The Labute approximate surface area is 84.5 Å². The van der Waals surface area contributed by atoms with E-state index in [9.17, 15) is 22.8 Å². The molecule has 88 valence electrons. The third-order valence-electron chi connectivity index (χ3n) is 1.99. The van der Waals surface area contributed by atoms with Gasteiger partial charge in [0.25, 0.3) is 0 Å². The van der Waals surface area contributed by atoms with Gasteiger partial charge in [0.2, 0.25) is 6.41 Å². The summed E-state index contributed by atoms with van der Waals surface area (Å²) in [5.74, 6) is -1.35. The molecule has 0 aliphatic heterocycles. The van der Waals surface area contributed by atoms with Crippen molar-refractivity contribution in [3.8, 4) is 0 Å². The number of carboxylic acid groups (broad SMARTS) is 1. The predicted molar refractivity (Wildman–Crippen MR) is 45.1 cm³/mol. The van der Waals surface area contributed by atoms with Crippen LogP contribution in [0.3, 0.4) is 0 Å². The Morgan fingerprint density at radius 2 is 1.93 bits per heavy atom. The summed E-state index contributed by atoms with van der Waals surface area (Å²) in [6.07, 6.45) is -5.80. The van der Waals surface area contributed by atoms with E-state index in [0.717, 1.165) is 0 Å². The van der Waals surface area contributed by atoms with E-state index in [1.165, 1.54) is 6.92 Å². The zero-order chi connectivity index (χ0) is 12.1. The molecule has 0 aromatic rings. The fraction of sp³-hybridized carbons (Fsp3) is 0.750. The molecule has 0 aliphatic carbocycles. The van der Waals surface area contributed by atoms with Crippen LogP contribution in [-0.4, -0.2) is 29.2 Å². The zero-order valence-electron chi connectivity index (χ0n) is 8.10. The van der Waals surface area contributed by atoms with Crippen LogP contribution in [0, 0.1) is 0 Å². The molecule has 0 aromatic heterocycles. The molecule has 0 saturated carbocycles. The van der Waals surface area contributed by atoms with Gasteiger partial charge in [-0.05, 0) is 19.8 Å². The van der Waals surface area contributed by atoms with Gasteiger partial charge >= 0.3 is 12.1 Å². The standard InChI is InChI=1S/C8H12F3NO3/c1-7(6(14)15,12-5-13)3-2-4-8(9,10)11/h5H,2-4H2,1H3,(H,12,13)(H,14,15). The minimum atomic E-state index is -4.30. The molecule has 0 rings (SSSR count). The smallest absolute Gasteiger partial charge is 0.389 e. The van der Waals surface area contributed by atoms with Crippen LogP contribution in [0.15, 0.2) is 0 Å². The van der Waals surface area contributed by atoms with Crippen molar-refractivity contribution in [1.29, 1.82) is 0 Å². The molecule has 4 nitrogen and oxygen atoms in total. The van der Waals surface area contributed by atoms with Gasteiger partial charge in [0.15, 0.2) is 0 Å². The number of nitrogens with one attached hydrogen (secondary N) is 1. The lowest BCUT2D eigenvalue weighted by Crippen LogP contribution is -2.48. The van der Waals surface area contributed by atoms with Gasteiger partial charge in [-0.15, -0.1) is 0 Å². The number of alkyl halides is 3. The Bertz CT molecular complexity index is 242. The fourth-order valence-corrected chi connectivity index (χ4v) is 1.01. The highest BCUT2D eigenvalue weighted by Crippen LogP contribution is 2.24. The highest BCUT2D eigenvalue weighted by molar-refractivity contribution is 5.80. The number of carboxylic acids is 1. The van der Waals surface area contributed by atoms with Crippen molar-refractivity contribution >= 4 is 12.4 Å². The van der Waals surface area contributed by atoms with Gasteiger partial charge < -0.3 is 10.4 Å². The van der Waals surface area contributed by atoms with E-state index in [1.807, 2.05) is 5.32 Å². The molecule has 0 fully saturated rings. The topological polar surface area (TPSA) is 66.4 Å². The summed E-state index contributed by atoms with van der Waals surface area (Å²) in [5.41, 5.74) is -1.63. The second-order valence-corrected chi connectivity index (χ2v) is 3.37. The molecule has 0 aliphatic rings. The van der Waals surface area contributed by atoms with E-state index in [4.69, 9.17) is 5.11 Å². The van der Waals surface area contributed by atoms with E-state index >= 15 is 0 Å². The lowest BCUT2D eigenvalue weighted by atomic mass is 9.95. The minimum Gasteiger partial charge on any atom is -0.480 e. The highest BCUT2D eigenvalue weighted by atomic mass is 19.4. The van der Waals surface area contributed by atoms with E-state index in [2.05, 4.69) is 0 Å². The summed E-state index contributed by atoms with van der Waals surface area (Å²) in [4.78, 5) is 20.8. The van der Waals surface area contributed by atoms with Crippen molar-refractivity contribution in [2.75, 3.05) is 0 Å². The lowest BCUT2D eigenvalue weighted by molar-refractivity contribution is -0.148. The van der Waals surface area contributed by atoms with Crippen LogP contribution in [0.5, 0.6) is 0 Å². The van der Waals surface area contributed by atoms with Gasteiger partial charge in [0.1, 0.15) is 5.54 Å². The molecule has 0 saturated heterocycles. The first-order valence-corrected chi connectivity index (χ1v) is 4.23. The highest BCUT2D eigenvalue weighted by Gasteiger charge is 2.34. The van der Waals surface area contributed by atoms with Crippen molar-refractivity contribution in [2.24, 2.45) is 0 Å². The Morgan fingerprint density at radius 3 is 2.27 bits per heavy atom. The molecule has 0 bridgehead atoms. The molecule has 0 radical (unpaired) electrons. The average molecular weight is 227 g/mol. The molecule has 7 heteroatoms. The summed E-state index contributed by atoms with van der Waals surface area (Å²) in [7, 11) is 0. The zero-order valence-corrected chi connectivity index (χ0v) is 8.10. The summed E-state index contributed by atoms with van der Waals surface area (Å²) >= 11 is 0. The molecular formula is C8H12F3NO3. The maximum Gasteiger partial charge on any atom is 0.389 e. The maximum atomic E-state index is 11.8. The summed E-state index contributed by atoms with van der Waals surface area (Å²) in [5, 5.41) is 10.7. The normalized spacial score (nSPS) is 15.5. The molecule has 0 aromatic carbocycles. The molecule has 0 heterocycles. The molecule has 15 heavy (non-hydrogen) atoms. The maximum absolute atomic E-state index is 11.8. The van der Waals surface area contributed by atoms with Crippen LogP contribution in [0.1, 0.15) is 26.2 Å². The first-order valence-electron chi connectivity index (χ1n) is 4.23. The molecule has 1 unspecified atom stereocenters. The number of amides is 1. The second-order valence-electron chi connectivity index (χ2n) is 3.37. The predicted octanol–water partition coefficient (Wildman–Crippen LogP) is 1.31. The van der Waals surface area contributed by atoms with Crippen molar-refractivity contribution in [3.63, 3.8) is 0 Å². The van der Waals surface area contributed by atoms with Crippen molar-refractivity contribution < 1.29 is 27.9 Å². The van der Waals surface area contributed by atoms with Crippen LogP contribution in [-0.2, 0) is 9.59 Å². The third kappa shape index (κ3) is 5.24. The Kier molecular flexibility index (Phi) is 4.57. The molecule has 1 amide bonds. The monoisotopic (exact) mass is 227 g/mol. The van der Waals surface area contributed by atoms with Crippen molar-refractivity contribution in [1.82, 2.24) is 5.32 Å². The Balaban J connectivity index is 4.20. The quantitative estimate of drug-likeness (QED) is 0.672. The molecule has 2 N–H and O–H groups in total. The van der Waals surface area contributed by atoms with Crippen molar-refractivity contribution in [3.05, 3.63) is 0 Å². The van der Waals surface area contributed by atoms with Gasteiger partial charge in [0.05, 0.1) is 0 Å².